The molecule has 0 spiro atoms. The number of carboxylic acid groups (broad SMARTS) is 1. The molecule has 2 nitrogen and oxygen atoms in total. The second kappa shape index (κ2) is 3.42. The summed E-state index contributed by atoms with van der Waals surface area (Å²) in [6.45, 7) is 0. The lowest BCUT2D eigenvalue weighted by atomic mass is 10.2. The summed E-state index contributed by atoms with van der Waals surface area (Å²) in [5, 5.41) is 9.51. The Labute approximate surface area is 71.5 Å². The first-order chi connectivity index (χ1) is 5.63. The Morgan fingerprint density at radius 2 is 1.92 bits per heavy atom. The Hall–Kier alpha value is -1.27. The van der Waals surface area contributed by atoms with Gasteiger partial charge in [-0.05, 0) is 12.1 Å². The number of hydrogen-bond acceptors (Lipinski definition) is 1. The molecule has 0 unspecified atom stereocenters. The molecule has 3 heteroatoms. The van der Waals surface area contributed by atoms with Crippen molar-refractivity contribution in [1.82, 2.24) is 0 Å². The molecule has 1 aromatic carbocycles. The third-order valence-corrected chi connectivity index (χ3v) is 2.55. The smallest absolute Gasteiger partial charge is 0.336 e. The second-order valence-corrected chi connectivity index (χ2v) is 3.92. The lowest BCUT2D eigenvalue weighted by Crippen LogP contribution is -2.09. The van der Waals surface area contributed by atoms with Crippen molar-refractivity contribution in [3.8, 4) is 0 Å². The molecule has 0 radical (unpaired) electrons. The molecule has 0 heterocycles. The number of rotatable bonds is 2. The van der Waals surface area contributed by atoms with E-state index in [-0.39, 0.29) is 0 Å². The molecule has 0 amide bonds. The van der Waals surface area contributed by atoms with Crippen LogP contribution in [0, 0.1) is 0 Å². The van der Waals surface area contributed by atoms with Crippen LogP contribution in [0.25, 0.3) is 0 Å². The summed E-state index contributed by atoms with van der Waals surface area (Å²) in [5.41, 5.74) is 0.314. The molecule has 1 N–H and O–H groups in total. The molecule has 0 aromatic heterocycles. The SMILES string of the molecule is C=P(=C)c1ccccc1C(=O)O. The van der Waals surface area contributed by atoms with E-state index in [9.17, 15) is 4.79 Å². The number of carboxylic acids is 1. The molecule has 0 bridgehead atoms. The minimum absolute atomic E-state index is 0.314. The summed E-state index contributed by atoms with van der Waals surface area (Å²) < 4.78 is 0. The van der Waals surface area contributed by atoms with Crippen LogP contribution in [0.4, 0.5) is 0 Å². The molecule has 0 aliphatic carbocycles. The van der Waals surface area contributed by atoms with Crippen molar-refractivity contribution < 1.29 is 9.90 Å². The average molecular weight is 180 g/mol. The van der Waals surface area contributed by atoms with E-state index < -0.39 is 13.1 Å². The van der Waals surface area contributed by atoms with Crippen LogP contribution in [-0.4, -0.2) is 23.7 Å². The summed E-state index contributed by atoms with van der Waals surface area (Å²) in [6, 6.07) is 6.83. The van der Waals surface area contributed by atoms with Crippen LogP contribution >= 0.6 is 7.17 Å². The molecule has 0 atom stereocenters. The standard InChI is InChI=1S/C9H9O2P/c1-12(2)8-6-4-3-5-7(8)9(10)11/h3-6H,1-2H2,(H,10,11). The van der Waals surface area contributed by atoms with Crippen molar-refractivity contribution in [2.45, 2.75) is 0 Å². The van der Waals surface area contributed by atoms with E-state index in [4.69, 9.17) is 5.11 Å². The zero-order valence-electron chi connectivity index (χ0n) is 6.53. The Kier molecular flexibility index (Phi) is 2.51. The van der Waals surface area contributed by atoms with E-state index in [0.717, 1.165) is 5.30 Å². The van der Waals surface area contributed by atoms with Gasteiger partial charge in [-0.1, -0.05) is 24.7 Å². The van der Waals surface area contributed by atoms with E-state index >= 15 is 0 Å². The van der Waals surface area contributed by atoms with Crippen molar-refractivity contribution in [2.24, 2.45) is 0 Å². The minimum Gasteiger partial charge on any atom is -0.478 e. The maximum Gasteiger partial charge on any atom is 0.336 e. The fourth-order valence-corrected chi connectivity index (χ4v) is 1.74. The summed E-state index contributed by atoms with van der Waals surface area (Å²) in [5.74, 6) is -0.912. The quantitative estimate of drug-likeness (QED) is 0.697. The summed E-state index contributed by atoms with van der Waals surface area (Å²) in [7, 11) is -0.830. The van der Waals surface area contributed by atoms with Gasteiger partial charge in [0.2, 0.25) is 0 Å². The zero-order valence-corrected chi connectivity index (χ0v) is 7.42. The third kappa shape index (κ3) is 1.66. The van der Waals surface area contributed by atoms with Crippen molar-refractivity contribution in [1.29, 1.82) is 0 Å². The maximum absolute atomic E-state index is 10.7. The van der Waals surface area contributed by atoms with Crippen LogP contribution in [0.1, 0.15) is 10.4 Å². The number of hydrogen-bond donors (Lipinski definition) is 1. The van der Waals surface area contributed by atoms with Gasteiger partial charge in [-0.25, -0.2) is 4.79 Å². The molecule has 0 saturated carbocycles. The number of carbonyl (C=O) groups is 1. The highest BCUT2D eigenvalue weighted by atomic mass is 31.1. The van der Waals surface area contributed by atoms with Crippen LogP contribution < -0.4 is 5.30 Å². The van der Waals surface area contributed by atoms with Gasteiger partial charge >= 0.3 is 5.97 Å². The van der Waals surface area contributed by atoms with Crippen LogP contribution in [0.15, 0.2) is 24.3 Å². The van der Waals surface area contributed by atoms with E-state index in [0.29, 0.717) is 5.56 Å². The van der Waals surface area contributed by atoms with Crippen LogP contribution in [0.2, 0.25) is 0 Å². The molecule has 0 saturated heterocycles. The van der Waals surface area contributed by atoms with Crippen LogP contribution in [0.5, 0.6) is 0 Å². The molecular formula is C9H9O2P. The maximum atomic E-state index is 10.7. The Morgan fingerprint density at radius 1 is 1.33 bits per heavy atom. The van der Waals surface area contributed by atoms with Crippen molar-refractivity contribution in [3.63, 3.8) is 0 Å². The molecule has 12 heavy (non-hydrogen) atoms. The van der Waals surface area contributed by atoms with Gasteiger partial charge in [0.15, 0.2) is 0 Å². The molecule has 0 fully saturated rings. The summed E-state index contributed by atoms with van der Waals surface area (Å²) in [6.07, 6.45) is 7.48. The van der Waals surface area contributed by atoms with Crippen LogP contribution in [0.3, 0.4) is 0 Å². The van der Waals surface area contributed by atoms with Gasteiger partial charge in [-0.3, -0.25) is 0 Å². The predicted molar refractivity (Wildman–Crippen MR) is 54.2 cm³/mol. The molecule has 0 aliphatic heterocycles. The first-order valence-electron chi connectivity index (χ1n) is 3.36. The Balaban J connectivity index is 3.36. The molecule has 0 aliphatic rings. The van der Waals surface area contributed by atoms with E-state index in [1.165, 1.54) is 0 Å². The van der Waals surface area contributed by atoms with Gasteiger partial charge in [-0.2, -0.15) is 0 Å². The second-order valence-electron chi connectivity index (χ2n) is 2.36. The van der Waals surface area contributed by atoms with E-state index in [2.05, 4.69) is 12.6 Å². The normalized spacial score (nSPS) is 9.33. The van der Waals surface area contributed by atoms with Crippen molar-refractivity contribution in [3.05, 3.63) is 29.8 Å². The number of aromatic carboxylic acids is 1. The topological polar surface area (TPSA) is 37.3 Å². The monoisotopic (exact) mass is 180 g/mol. The lowest BCUT2D eigenvalue weighted by molar-refractivity contribution is 0.0698. The highest BCUT2D eigenvalue weighted by Crippen LogP contribution is 2.07. The van der Waals surface area contributed by atoms with Gasteiger partial charge in [0.25, 0.3) is 0 Å². The van der Waals surface area contributed by atoms with Gasteiger partial charge in [0.1, 0.15) is 0 Å². The highest BCUT2D eigenvalue weighted by Gasteiger charge is 2.06. The van der Waals surface area contributed by atoms with Gasteiger partial charge in [0.05, 0.1) is 5.56 Å². The van der Waals surface area contributed by atoms with Crippen LogP contribution in [-0.2, 0) is 0 Å². The Morgan fingerprint density at radius 3 is 2.33 bits per heavy atom. The Bertz CT molecular complexity index is 370. The van der Waals surface area contributed by atoms with Gasteiger partial charge < -0.3 is 5.11 Å². The lowest BCUT2D eigenvalue weighted by Gasteiger charge is -1.99. The fraction of sp³-hybridized carbons (Fsp3) is 0. The molecule has 62 valence electrons. The van der Waals surface area contributed by atoms with Crippen molar-refractivity contribution >= 4 is 31.0 Å². The predicted octanol–water partition coefficient (Wildman–Crippen LogP) is 1.36. The zero-order chi connectivity index (χ0) is 9.14. The first-order valence-corrected chi connectivity index (χ1v) is 5.07. The summed E-state index contributed by atoms with van der Waals surface area (Å²) >= 11 is 0. The molecular weight excluding hydrogens is 171 g/mol. The largest absolute Gasteiger partial charge is 0.478 e. The fourth-order valence-electron chi connectivity index (χ4n) is 0.930. The van der Waals surface area contributed by atoms with E-state index in [1.54, 1.807) is 24.3 Å². The van der Waals surface area contributed by atoms with E-state index in [1.807, 2.05) is 0 Å². The van der Waals surface area contributed by atoms with Gasteiger partial charge in [0, 0.05) is 5.30 Å². The number of benzene rings is 1. The summed E-state index contributed by atoms with van der Waals surface area (Å²) in [4.78, 5) is 10.7. The van der Waals surface area contributed by atoms with Crippen molar-refractivity contribution in [2.75, 3.05) is 0 Å². The molecule has 1 rings (SSSR count). The molecule has 1 aromatic rings. The van der Waals surface area contributed by atoms with Gasteiger partial charge in [-0.15, -0.1) is 7.17 Å². The average Bonchev–Trinajstić information content (AvgIpc) is 2.04. The highest BCUT2D eigenvalue weighted by molar-refractivity contribution is 7.62. The minimum atomic E-state index is -0.912. The first kappa shape index (κ1) is 8.82. The third-order valence-electron chi connectivity index (χ3n) is 1.48.